The number of hydrogen-bond acceptors (Lipinski definition) is 2. The van der Waals surface area contributed by atoms with Crippen LogP contribution in [0.4, 0.5) is 20.2 Å². The van der Waals surface area contributed by atoms with Crippen LogP contribution in [0.15, 0.2) is 36.4 Å². The van der Waals surface area contributed by atoms with Gasteiger partial charge < -0.3 is 15.4 Å². The van der Waals surface area contributed by atoms with E-state index < -0.39 is 11.6 Å². The average molecular weight is 308 g/mol. The van der Waals surface area contributed by atoms with Crippen molar-refractivity contribution in [2.24, 2.45) is 0 Å². The molecule has 2 rings (SSSR count). The Morgan fingerprint density at radius 1 is 1.05 bits per heavy atom. The molecule has 0 heterocycles. The minimum absolute atomic E-state index is 0.255. The average Bonchev–Trinajstić information content (AvgIpc) is 2.43. The summed E-state index contributed by atoms with van der Waals surface area (Å²) in [5, 5.41) is 6.01. The fraction of sp³-hybridized carbons (Fsp3) is 0.133. The molecule has 0 amide bonds. The van der Waals surface area contributed by atoms with E-state index in [4.69, 9.17) is 17.0 Å². The maximum absolute atomic E-state index is 13.1. The number of ether oxygens (including phenoxy) is 1. The summed E-state index contributed by atoms with van der Waals surface area (Å²) in [6.45, 7) is 1.94. The van der Waals surface area contributed by atoms with Gasteiger partial charge in [-0.15, -0.1) is 0 Å². The van der Waals surface area contributed by atoms with Crippen LogP contribution in [0.1, 0.15) is 5.56 Å². The molecule has 0 atom stereocenters. The molecule has 0 fully saturated rings. The van der Waals surface area contributed by atoms with Gasteiger partial charge in [0.05, 0.1) is 12.8 Å². The fourth-order valence-corrected chi connectivity index (χ4v) is 2.01. The summed E-state index contributed by atoms with van der Waals surface area (Å²) in [6, 6.07) is 9.08. The molecule has 0 aliphatic carbocycles. The molecule has 0 aliphatic rings. The highest BCUT2D eigenvalue weighted by molar-refractivity contribution is 7.80. The van der Waals surface area contributed by atoms with Crippen molar-refractivity contribution in [3.63, 3.8) is 0 Å². The number of methoxy groups -OCH3 is 1. The molecule has 0 unspecified atom stereocenters. The molecule has 0 saturated carbocycles. The number of thiocarbonyl (C=S) groups is 1. The first-order valence-electron chi connectivity index (χ1n) is 6.17. The lowest BCUT2D eigenvalue weighted by atomic mass is 10.2. The summed E-state index contributed by atoms with van der Waals surface area (Å²) in [5.41, 5.74) is 2.09. The number of benzene rings is 2. The van der Waals surface area contributed by atoms with Gasteiger partial charge in [-0.2, -0.15) is 0 Å². The number of halogens is 2. The molecule has 0 bridgehead atoms. The first-order chi connectivity index (χ1) is 9.99. The zero-order valence-corrected chi connectivity index (χ0v) is 12.4. The summed E-state index contributed by atoms with van der Waals surface area (Å²) >= 11 is 5.15. The number of rotatable bonds is 3. The van der Waals surface area contributed by atoms with E-state index in [9.17, 15) is 8.78 Å². The van der Waals surface area contributed by atoms with Crippen molar-refractivity contribution in [1.29, 1.82) is 0 Å². The van der Waals surface area contributed by atoms with Gasteiger partial charge in [-0.05, 0) is 49.0 Å². The van der Waals surface area contributed by atoms with Crippen molar-refractivity contribution in [3.8, 4) is 5.75 Å². The predicted molar refractivity (Wildman–Crippen MR) is 83.9 cm³/mol. The molecular formula is C15H14F2N2OS. The Balaban J connectivity index is 2.11. The van der Waals surface area contributed by atoms with E-state index in [1.165, 1.54) is 6.07 Å². The van der Waals surface area contributed by atoms with E-state index in [2.05, 4.69) is 10.6 Å². The van der Waals surface area contributed by atoms with Gasteiger partial charge in [-0.25, -0.2) is 8.78 Å². The van der Waals surface area contributed by atoms with E-state index in [0.717, 1.165) is 17.7 Å². The third-order valence-corrected chi connectivity index (χ3v) is 2.98. The SMILES string of the molecule is COc1ccc(C)cc1NC(=S)Nc1ccc(F)c(F)c1. The van der Waals surface area contributed by atoms with Gasteiger partial charge in [0.2, 0.25) is 0 Å². The van der Waals surface area contributed by atoms with Crippen LogP contribution in [0.3, 0.4) is 0 Å². The van der Waals surface area contributed by atoms with E-state index in [-0.39, 0.29) is 5.11 Å². The van der Waals surface area contributed by atoms with Gasteiger partial charge >= 0.3 is 0 Å². The normalized spacial score (nSPS) is 10.1. The molecule has 0 saturated heterocycles. The van der Waals surface area contributed by atoms with E-state index in [0.29, 0.717) is 17.1 Å². The largest absolute Gasteiger partial charge is 0.495 e. The molecular weight excluding hydrogens is 294 g/mol. The molecule has 6 heteroatoms. The number of aryl methyl sites for hydroxylation is 1. The zero-order valence-electron chi connectivity index (χ0n) is 11.5. The fourth-order valence-electron chi connectivity index (χ4n) is 1.78. The molecule has 0 radical (unpaired) electrons. The van der Waals surface area contributed by atoms with Crippen molar-refractivity contribution in [2.75, 3.05) is 17.7 Å². The maximum atomic E-state index is 13.1. The van der Waals surface area contributed by atoms with E-state index in [1.54, 1.807) is 7.11 Å². The van der Waals surface area contributed by atoms with Crippen LogP contribution in [0, 0.1) is 18.6 Å². The van der Waals surface area contributed by atoms with Gasteiger partial charge in [0.15, 0.2) is 16.7 Å². The summed E-state index contributed by atoms with van der Waals surface area (Å²) < 4.78 is 31.2. The molecule has 2 N–H and O–H groups in total. The van der Waals surface area contributed by atoms with Gasteiger partial charge in [0.1, 0.15) is 5.75 Å². The van der Waals surface area contributed by atoms with E-state index in [1.807, 2.05) is 25.1 Å². The molecule has 2 aromatic rings. The molecule has 3 nitrogen and oxygen atoms in total. The Labute approximate surface area is 126 Å². The minimum atomic E-state index is -0.934. The highest BCUT2D eigenvalue weighted by Crippen LogP contribution is 2.25. The molecule has 0 aliphatic heterocycles. The van der Waals surface area contributed by atoms with Crippen LogP contribution >= 0.6 is 12.2 Å². The molecule has 2 aromatic carbocycles. The van der Waals surface area contributed by atoms with Crippen LogP contribution < -0.4 is 15.4 Å². The Kier molecular flexibility index (Phi) is 4.70. The minimum Gasteiger partial charge on any atom is -0.495 e. The second kappa shape index (κ2) is 6.49. The highest BCUT2D eigenvalue weighted by Gasteiger charge is 2.07. The lowest BCUT2D eigenvalue weighted by molar-refractivity contribution is 0.417. The third kappa shape index (κ3) is 3.88. The van der Waals surface area contributed by atoms with Crippen molar-refractivity contribution in [3.05, 3.63) is 53.6 Å². The quantitative estimate of drug-likeness (QED) is 0.837. The summed E-state index contributed by atoms with van der Waals surface area (Å²) in [6.07, 6.45) is 0. The van der Waals surface area contributed by atoms with Crippen LogP contribution in [0.2, 0.25) is 0 Å². The second-order valence-corrected chi connectivity index (χ2v) is 4.82. The van der Waals surface area contributed by atoms with Crippen LogP contribution in [-0.4, -0.2) is 12.2 Å². The summed E-state index contributed by atoms with van der Waals surface area (Å²) in [5.74, 6) is -1.20. The second-order valence-electron chi connectivity index (χ2n) is 4.41. The van der Waals surface area contributed by atoms with Gasteiger partial charge in [0, 0.05) is 11.8 Å². The Bertz CT molecular complexity index is 677. The van der Waals surface area contributed by atoms with Gasteiger partial charge in [-0.1, -0.05) is 6.07 Å². The Morgan fingerprint density at radius 2 is 1.81 bits per heavy atom. The predicted octanol–water partition coefficient (Wildman–Crippen LogP) is 4.09. The topological polar surface area (TPSA) is 33.3 Å². The van der Waals surface area contributed by atoms with Crippen molar-refractivity contribution in [1.82, 2.24) is 0 Å². The number of anilines is 2. The van der Waals surface area contributed by atoms with Crippen molar-refractivity contribution < 1.29 is 13.5 Å². The number of hydrogen-bond donors (Lipinski definition) is 2. The third-order valence-electron chi connectivity index (χ3n) is 2.78. The molecule has 0 spiro atoms. The summed E-state index contributed by atoms with van der Waals surface area (Å²) in [4.78, 5) is 0. The maximum Gasteiger partial charge on any atom is 0.175 e. The summed E-state index contributed by atoms with van der Waals surface area (Å²) in [7, 11) is 1.56. The Morgan fingerprint density at radius 3 is 2.48 bits per heavy atom. The molecule has 110 valence electrons. The van der Waals surface area contributed by atoms with E-state index >= 15 is 0 Å². The van der Waals surface area contributed by atoms with Gasteiger partial charge in [0.25, 0.3) is 0 Å². The van der Waals surface area contributed by atoms with Crippen molar-refractivity contribution in [2.45, 2.75) is 6.92 Å². The lowest BCUT2D eigenvalue weighted by Crippen LogP contribution is -2.19. The zero-order chi connectivity index (χ0) is 15.4. The van der Waals surface area contributed by atoms with Crippen molar-refractivity contribution >= 4 is 28.7 Å². The Hall–Kier alpha value is -2.21. The number of nitrogens with one attached hydrogen (secondary N) is 2. The first-order valence-corrected chi connectivity index (χ1v) is 6.58. The standard InChI is InChI=1S/C15H14F2N2OS/c1-9-3-6-14(20-2)13(7-9)19-15(21)18-10-4-5-11(16)12(17)8-10/h3-8H,1-2H3,(H2,18,19,21). The van der Waals surface area contributed by atoms with Crippen LogP contribution in [-0.2, 0) is 0 Å². The molecule has 21 heavy (non-hydrogen) atoms. The smallest absolute Gasteiger partial charge is 0.175 e. The molecule has 0 aromatic heterocycles. The van der Waals surface area contributed by atoms with Crippen LogP contribution in [0.25, 0.3) is 0 Å². The first kappa shape index (κ1) is 15.2. The van der Waals surface area contributed by atoms with Crippen LogP contribution in [0.5, 0.6) is 5.75 Å². The highest BCUT2D eigenvalue weighted by atomic mass is 32.1. The monoisotopic (exact) mass is 308 g/mol. The van der Waals surface area contributed by atoms with Gasteiger partial charge in [-0.3, -0.25) is 0 Å². The lowest BCUT2D eigenvalue weighted by Gasteiger charge is -2.14.